The van der Waals surface area contributed by atoms with Crippen molar-refractivity contribution in [2.75, 3.05) is 12.3 Å². The van der Waals surface area contributed by atoms with Crippen molar-refractivity contribution in [1.29, 1.82) is 0 Å². The first-order valence-electron chi connectivity index (χ1n) is 7.12. The lowest BCUT2D eigenvalue weighted by atomic mass is 10.1. The smallest absolute Gasteiger partial charge is 0.314 e. The maximum absolute atomic E-state index is 11.2. The third kappa shape index (κ3) is 5.50. The highest BCUT2D eigenvalue weighted by molar-refractivity contribution is 7.99. The molecule has 20 heavy (non-hydrogen) atoms. The van der Waals surface area contributed by atoms with E-state index in [9.17, 15) is 9.59 Å². The van der Waals surface area contributed by atoms with E-state index in [1.807, 2.05) is 0 Å². The molecule has 7 heteroatoms. The second-order valence-electron chi connectivity index (χ2n) is 4.75. The van der Waals surface area contributed by atoms with Gasteiger partial charge in [-0.15, -0.1) is 0 Å². The Morgan fingerprint density at radius 3 is 2.80 bits per heavy atom. The molecule has 0 radical (unpaired) electrons. The minimum Gasteiger partial charge on any atom is -0.314 e. The molecule has 1 aromatic heterocycles. The molecule has 0 aliphatic carbocycles. The van der Waals surface area contributed by atoms with Crippen LogP contribution in [0.5, 0.6) is 0 Å². The SMILES string of the molecule is CCCNC(CC)CCCSc1nc(=O)c(=O)[nH]n1C. The normalized spacial score (nSPS) is 12.6. The Morgan fingerprint density at radius 1 is 1.40 bits per heavy atom. The minimum atomic E-state index is -0.721. The van der Waals surface area contributed by atoms with Crippen LogP contribution in [0.3, 0.4) is 0 Å². The molecule has 0 spiro atoms. The fourth-order valence-corrected chi connectivity index (χ4v) is 2.76. The summed E-state index contributed by atoms with van der Waals surface area (Å²) in [5, 5.41) is 6.53. The number of nitrogens with one attached hydrogen (secondary N) is 2. The molecule has 1 heterocycles. The van der Waals surface area contributed by atoms with E-state index in [1.165, 1.54) is 16.4 Å². The van der Waals surface area contributed by atoms with Gasteiger partial charge in [0, 0.05) is 18.8 Å². The van der Waals surface area contributed by atoms with Gasteiger partial charge in [-0.3, -0.25) is 19.4 Å². The van der Waals surface area contributed by atoms with E-state index in [4.69, 9.17) is 0 Å². The molecule has 0 saturated carbocycles. The lowest BCUT2D eigenvalue weighted by Crippen LogP contribution is -2.33. The van der Waals surface area contributed by atoms with Crippen molar-refractivity contribution in [3.8, 4) is 0 Å². The first kappa shape index (κ1) is 17.0. The number of rotatable bonds is 9. The van der Waals surface area contributed by atoms with Gasteiger partial charge in [0.1, 0.15) is 0 Å². The van der Waals surface area contributed by atoms with Gasteiger partial charge in [0.2, 0.25) is 0 Å². The zero-order valence-corrected chi connectivity index (χ0v) is 13.3. The predicted octanol–water partition coefficient (Wildman–Crippen LogP) is 1.12. The maximum Gasteiger partial charge on any atom is 0.339 e. The second-order valence-corrected chi connectivity index (χ2v) is 5.81. The number of H-pyrrole nitrogens is 1. The average Bonchev–Trinajstić information content (AvgIpc) is 2.43. The van der Waals surface area contributed by atoms with Crippen LogP contribution in [0.4, 0.5) is 0 Å². The number of aryl methyl sites for hydroxylation is 1. The van der Waals surface area contributed by atoms with Crippen molar-refractivity contribution < 1.29 is 0 Å². The van der Waals surface area contributed by atoms with Crippen LogP contribution >= 0.6 is 11.8 Å². The van der Waals surface area contributed by atoms with Gasteiger partial charge >= 0.3 is 11.1 Å². The molecule has 0 aliphatic rings. The van der Waals surface area contributed by atoms with E-state index >= 15 is 0 Å². The summed E-state index contributed by atoms with van der Waals surface area (Å²) in [5.41, 5.74) is -1.40. The molecule has 1 atom stereocenters. The number of hydrogen-bond acceptors (Lipinski definition) is 5. The molecule has 1 rings (SSSR count). The molecule has 2 N–H and O–H groups in total. The fourth-order valence-electron chi connectivity index (χ4n) is 1.88. The zero-order chi connectivity index (χ0) is 15.0. The van der Waals surface area contributed by atoms with Gasteiger partial charge in [0.15, 0.2) is 5.16 Å². The average molecular weight is 300 g/mol. The third-order valence-electron chi connectivity index (χ3n) is 3.05. The van der Waals surface area contributed by atoms with E-state index in [-0.39, 0.29) is 0 Å². The first-order chi connectivity index (χ1) is 9.58. The summed E-state index contributed by atoms with van der Waals surface area (Å²) in [7, 11) is 1.69. The van der Waals surface area contributed by atoms with Crippen LogP contribution in [0.25, 0.3) is 0 Å². The topological polar surface area (TPSA) is 79.8 Å². The van der Waals surface area contributed by atoms with E-state index in [2.05, 4.69) is 29.2 Å². The van der Waals surface area contributed by atoms with Crippen LogP contribution in [0.2, 0.25) is 0 Å². The quantitative estimate of drug-likeness (QED) is 0.406. The molecule has 114 valence electrons. The summed E-state index contributed by atoms with van der Waals surface area (Å²) in [6.45, 7) is 5.41. The molecule has 1 unspecified atom stereocenters. The van der Waals surface area contributed by atoms with Crippen LogP contribution in [0, 0.1) is 0 Å². The van der Waals surface area contributed by atoms with Crippen molar-refractivity contribution in [2.45, 2.75) is 50.7 Å². The summed E-state index contributed by atoms with van der Waals surface area (Å²) < 4.78 is 1.50. The van der Waals surface area contributed by atoms with Crippen molar-refractivity contribution in [1.82, 2.24) is 20.1 Å². The Morgan fingerprint density at radius 2 is 2.15 bits per heavy atom. The van der Waals surface area contributed by atoms with Crippen LogP contribution in [0.1, 0.15) is 39.5 Å². The van der Waals surface area contributed by atoms with Crippen molar-refractivity contribution in [3.05, 3.63) is 20.7 Å². The summed E-state index contributed by atoms with van der Waals surface area (Å²) in [6, 6.07) is 0.558. The summed E-state index contributed by atoms with van der Waals surface area (Å²) in [6.07, 6.45) is 4.43. The lowest BCUT2D eigenvalue weighted by molar-refractivity contribution is 0.465. The van der Waals surface area contributed by atoms with Crippen LogP contribution in [-0.2, 0) is 7.05 Å². The molecule has 1 aromatic rings. The molecule has 0 aromatic carbocycles. The Labute approximate surface area is 123 Å². The van der Waals surface area contributed by atoms with Crippen molar-refractivity contribution >= 4 is 11.8 Å². The molecule has 0 bridgehead atoms. The maximum atomic E-state index is 11.2. The van der Waals surface area contributed by atoms with Crippen molar-refractivity contribution in [3.63, 3.8) is 0 Å². The fraction of sp³-hybridized carbons (Fsp3) is 0.769. The summed E-state index contributed by atoms with van der Waals surface area (Å²) >= 11 is 1.50. The Bertz CT molecular complexity index is 512. The first-order valence-corrected chi connectivity index (χ1v) is 8.10. The molecule has 0 fully saturated rings. The zero-order valence-electron chi connectivity index (χ0n) is 12.4. The van der Waals surface area contributed by atoms with Gasteiger partial charge in [-0.25, -0.2) is 0 Å². The van der Waals surface area contributed by atoms with E-state index < -0.39 is 11.1 Å². The largest absolute Gasteiger partial charge is 0.339 e. The minimum absolute atomic E-state index is 0.558. The Kier molecular flexibility index (Phi) is 7.61. The van der Waals surface area contributed by atoms with E-state index in [0.717, 1.165) is 38.0 Å². The Hall–Kier alpha value is -1.08. The molecular formula is C13H24N4O2S. The molecule has 6 nitrogen and oxygen atoms in total. The lowest BCUT2D eigenvalue weighted by Gasteiger charge is -2.16. The number of nitrogens with zero attached hydrogens (tertiary/aromatic N) is 2. The highest BCUT2D eigenvalue weighted by Crippen LogP contribution is 2.14. The van der Waals surface area contributed by atoms with Gasteiger partial charge in [0.05, 0.1) is 0 Å². The number of aromatic nitrogens is 3. The second kappa shape index (κ2) is 8.97. The van der Waals surface area contributed by atoms with Crippen molar-refractivity contribution in [2.24, 2.45) is 7.05 Å². The molecular weight excluding hydrogens is 276 g/mol. The number of aromatic amines is 1. The van der Waals surface area contributed by atoms with E-state index in [1.54, 1.807) is 7.05 Å². The molecule has 0 amide bonds. The van der Waals surface area contributed by atoms with Crippen LogP contribution in [-0.4, -0.2) is 33.1 Å². The van der Waals surface area contributed by atoms with Gasteiger partial charge < -0.3 is 5.32 Å². The number of hydrogen-bond donors (Lipinski definition) is 2. The predicted molar refractivity (Wildman–Crippen MR) is 82.4 cm³/mol. The van der Waals surface area contributed by atoms with Gasteiger partial charge in [-0.2, -0.15) is 4.98 Å². The number of thioether (sulfide) groups is 1. The standard InChI is InChI=1S/C13H24N4O2S/c1-4-8-14-10(5-2)7-6-9-20-13-15-11(18)12(19)16-17(13)3/h10,14H,4-9H2,1-3H3,(H,16,19). The summed E-state index contributed by atoms with van der Waals surface area (Å²) in [4.78, 5) is 26.1. The van der Waals surface area contributed by atoms with Crippen LogP contribution in [0.15, 0.2) is 14.7 Å². The van der Waals surface area contributed by atoms with Gasteiger partial charge in [-0.1, -0.05) is 25.6 Å². The third-order valence-corrected chi connectivity index (χ3v) is 4.17. The monoisotopic (exact) mass is 300 g/mol. The van der Waals surface area contributed by atoms with Gasteiger partial charge in [-0.05, 0) is 32.2 Å². The van der Waals surface area contributed by atoms with Crippen LogP contribution < -0.4 is 16.4 Å². The molecule has 0 aliphatic heterocycles. The highest BCUT2D eigenvalue weighted by atomic mass is 32.2. The highest BCUT2D eigenvalue weighted by Gasteiger charge is 2.07. The molecule has 0 saturated heterocycles. The van der Waals surface area contributed by atoms with E-state index in [0.29, 0.717) is 11.2 Å². The Balaban J connectivity index is 2.39. The summed E-state index contributed by atoms with van der Waals surface area (Å²) in [5.74, 6) is 0.886. The van der Waals surface area contributed by atoms with Gasteiger partial charge in [0.25, 0.3) is 0 Å².